The molecule has 1 aliphatic rings. The van der Waals surface area contributed by atoms with E-state index in [4.69, 9.17) is 11.6 Å². The summed E-state index contributed by atoms with van der Waals surface area (Å²) in [5.74, 6) is -0.143. The zero-order valence-electron chi connectivity index (χ0n) is 22.6. The number of benzene rings is 3. The number of hydrogen-bond acceptors (Lipinski definition) is 5. The van der Waals surface area contributed by atoms with E-state index in [0.717, 1.165) is 16.7 Å². The minimum Gasteiger partial charge on any atom is -0.508 e. The van der Waals surface area contributed by atoms with Crippen molar-refractivity contribution >= 4 is 29.9 Å². The molecular formula is C30H34ClN5O4. The van der Waals surface area contributed by atoms with Crippen LogP contribution in [0.2, 0.25) is 5.02 Å². The third-order valence-corrected chi connectivity index (χ3v) is 7.46. The Labute approximate surface area is 239 Å². The molecule has 1 heterocycles. The van der Waals surface area contributed by atoms with E-state index in [1.165, 1.54) is 9.91 Å². The number of aromatic hydroxyl groups is 1. The van der Waals surface area contributed by atoms with Gasteiger partial charge in [-0.1, -0.05) is 79.2 Å². The molecule has 0 bridgehead atoms. The molecule has 1 aliphatic heterocycles. The van der Waals surface area contributed by atoms with Crippen molar-refractivity contribution in [2.75, 3.05) is 20.1 Å². The summed E-state index contributed by atoms with van der Waals surface area (Å²) in [4.78, 5) is 43.2. The number of phenols is 1. The Bertz CT molecular complexity index is 1310. The van der Waals surface area contributed by atoms with Crippen molar-refractivity contribution in [2.24, 2.45) is 0 Å². The maximum absolute atomic E-state index is 13.9. The Kier molecular flexibility index (Phi) is 9.63. The fourth-order valence-electron chi connectivity index (χ4n) is 4.82. The molecule has 2 N–H and O–H groups in total. The second-order valence-electron chi connectivity index (χ2n) is 9.69. The molecule has 4 amide bonds. The van der Waals surface area contributed by atoms with E-state index >= 15 is 0 Å². The largest absolute Gasteiger partial charge is 0.508 e. The maximum atomic E-state index is 13.9. The highest BCUT2D eigenvalue weighted by molar-refractivity contribution is 6.31. The average Bonchev–Trinajstić information content (AvgIpc) is 2.97. The normalized spacial score (nSPS) is 17.1. The number of hydrogen-bond donors (Lipinski definition) is 2. The molecule has 210 valence electrons. The van der Waals surface area contributed by atoms with Crippen LogP contribution in [0.5, 0.6) is 5.75 Å². The van der Waals surface area contributed by atoms with Crippen molar-refractivity contribution in [3.05, 3.63) is 101 Å². The van der Waals surface area contributed by atoms with E-state index in [1.54, 1.807) is 47.3 Å². The highest BCUT2D eigenvalue weighted by Gasteiger charge is 2.45. The summed E-state index contributed by atoms with van der Waals surface area (Å²) < 4.78 is 0. The lowest BCUT2D eigenvalue weighted by Crippen LogP contribution is -2.70. The van der Waals surface area contributed by atoms with Crippen molar-refractivity contribution in [2.45, 2.75) is 38.6 Å². The van der Waals surface area contributed by atoms with Gasteiger partial charge in [-0.25, -0.2) is 14.8 Å². The van der Waals surface area contributed by atoms with Crippen molar-refractivity contribution in [3.63, 3.8) is 0 Å². The Morgan fingerprint density at radius 3 is 2.38 bits per heavy atom. The molecule has 40 heavy (non-hydrogen) atoms. The van der Waals surface area contributed by atoms with Gasteiger partial charge in [-0.2, -0.15) is 0 Å². The molecule has 0 radical (unpaired) electrons. The van der Waals surface area contributed by atoms with Gasteiger partial charge in [-0.05, 0) is 34.9 Å². The van der Waals surface area contributed by atoms with Gasteiger partial charge in [0, 0.05) is 38.1 Å². The number of nitrogens with zero attached hydrogens (tertiary/aromatic N) is 4. The summed E-state index contributed by atoms with van der Waals surface area (Å²) in [6, 6.07) is 22.1. The Morgan fingerprint density at radius 2 is 1.73 bits per heavy atom. The van der Waals surface area contributed by atoms with Crippen LogP contribution in [0.25, 0.3) is 0 Å². The molecule has 2 atom stereocenters. The summed E-state index contributed by atoms with van der Waals surface area (Å²) in [7, 11) is 1.77. The molecule has 3 aromatic carbocycles. The number of hydrazine groups is 1. The minimum absolute atomic E-state index is 0.0952. The topological polar surface area (TPSA) is 96.4 Å². The second kappa shape index (κ2) is 13.3. The number of piperazine rings is 1. The van der Waals surface area contributed by atoms with Crippen molar-refractivity contribution < 1.29 is 19.5 Å². The van der Waals surface area contributed by atoms with Gasteiger partial charge in [0.05, 0.1) is 6.54 Å². The van der Waals surface area contributed by atoms with Crippen molar-refractivity contribution in [1.29, 1.82) is 0 Å². The smallest absolute Gasteiger partial charge is 0.334 e. The lowest BCUT2D eigenvalue weighted by molar-refractivity contribution is -0.165. The van der Waals surface area contributed by atoms with Crippen LogP contribution < -0.4 is 5.32 Å². The van der Waals surface area contributed by atoms with Gasteiger partial charge in [-0.3, -0.25) is 9.59 Å². The standard InChI is InChI=1S/C30H34ClN5O4/c1-3-33(2)36(30(40)32-18-23-9-5-4-6-10-23)28-20-34(19-24-11-7-8-12-26(24)31)29(39)27(35(28)21-37)17-22-13-15-25(38)16-14-22/h4-16,21,27-28,38H,3,17-20H2,1-2H3,(H,32,40)/t27-,28?/m0/s1. The van der Waals surface area contributed by atoms with Crippen molar-refractivity contribution in [3.8, 4) is 5.75 Å². The van der Waals surface area contributed by atoms with E-state index in [1.807, 2.05) is 55.5 Å². The highest BCUT2D eigenvalue weighted by Crippen LogP contribution is 2.26. The number of amides is 4. The van der Waals surface area contributed by atoms with Gasteiger partial charge in [-0.15, -0.1) is 0 Å². The third kappa shape index (κ3) is 6.73. The zero-order chi connectivity index (χ0) is 28.6. The van der Waals surface area contributed by atoms with Crippen LogP contribution >= 0.6 is 11.6 Å². The summed E-state index contributed by atoms with van der Waals surface area (Å²) in [5.41, 5.74) is 2.47. The van der Waals surface area contributed by atoms with Crippen LogP contribution in [0.3, 0.4) is 0 Å². The number of urea groups is 1. The molecule has 3 aromatic rings. The first kappa shape index (κ1) is 28.9. The third-order valence-electron chi connectivity index (χ3n) is 7.09. The van der Waals surface area contributed by atoms with Gasteiger partial charge in [0.1, 0.15) is 18.0 Å². The van der Waals surface area contributed by atoms with E-state index in [0.29, 0.717) is 24.5 Å². The quantitative estimate of drug-likeness (QED) is 0.288. The van der Waals surface area contributed by atoms with Gasteiger partial charge < -0.3 is 20.2 Å². The summed E-state index contributed by atoms with van der Waals surface area (Å²) in [6.07, 6.45) is 0.0740. The van der Waals surface area contributed by atoms with E-state index in [2.05, 4.69) is 5.32 Å². The maximum Gasteiger partial charge on any atom is 0.334 e. The van der Waals surface area contributed by atoms with Crippen LogP contribution in [-0.2, 0) is 29.1 Å². The Balaban J connectivity index is 1.68. The number of halogens is 1. The summed E-state index contributed by atoms with van der Waals surface area (Å²) in [5, 5.41) is 16.5. The van der Waals surface area contributed by atoms with Gasteiger partial charge in [0.2, 0.25) is 12.3 Å². The first-order valence-electron chi connectivity index (χ1n) is 13.2. The lowest BCUT2D eigenvalue weighted by Gasteiger charge is -2.50. The van der Waals surface area contributed by atoms with Crippen LogP contribution in [-0.4, -0.2) is 75.6 Å². The van der Waals surface area contributed by atoms with Crippen LogP contribution in [0.1, 0.15) is 23.6 Å². The van der Waals surface area contributed by atoms with Crippen LogP contribution in [0.15, 0.2) is 78.9 Å². The van der Waals surface area contributed by atoms with E-state index < -0.39 is 12.2 Å². The Morgan fingerprint density at radius 1 is 1.05 bits per heavy atom. The van der Waals surface area contributed by atoms with Gasteiger partial charge >= 0.3 is 6.03 Å². The molecule has 0 spiro atoms. The fraction of sp³-hybridized carbons (Fsp3) is 0.300. The number of carbonyl (C=O) groups is 3. The number of nitrogens with one attached hydrogen (secondary N) is 1. The van der Waals surface area contributed by atoms with Crippen molar-refractivity contribution in [1.82, 2.24) is 25.1 Å². The summed E-state index contributed by atoms with van der Waals surface area (Å²) in [6.45, 7) is 3.02. The molecular weight excluding hydrogens is 530 g/mol. The minimum atomic E-state index is -0.877. The van der Waals surface area contributed by atoms with Crippen LogP contribution in [0.4, 0.5) is 4.79 Å². The number of carbonyl (C=O) groups excluding carboxylic acids is 3. The van der Waals surface area contributed by atoms with Gasteiger partial charge in [0.15, 0.2) is 0 Å². The molecule has 9 nitrogen and oxygen atoms in total. The first-order valence-corrected chi connectivity index (χ1v) is 13.5. The molecule has 1 saturated heterocycles. The molecule has 0 aliphatic carbocycles. The molecule has 0 saturated carbocycles. The lowest BCUT2D eigenvalue weighted by atomic mass is 9.99. The average molecular weight is 564 g/mol. The molecule has 10 heteroatoms. The highest BCUT2D eigenvalue weighted by atomic mass is 35.5. The van der Waals surface area contributed by atoms with E-state index in [-0.39, 0.29) is 37.2 Å². The molecule has 1 fully saturated rings. The SMILES string of the molecule is CCN(C)N(C(=O)NCc1ccccc1)C1CN(Cc2ccccc2Cl)C(=O)[C@H](Cc2ccc(O)cc2)N1C=O. The van der Waals surface area contributed by atoms with Crippen LogP contribution in [0, 0.1) is 0 Å². The molecule has 1 unspecified atom stereocenters. The summed E-state index contributed by atoms with van der Waals surface area (Å²) >= 11 is 6.44. The monoisotopic (exact) mass is 563 g/mol. The number of rotatable bonds is 10. The molecule has 4 rings (SSSR count). The predicted molar refractivity (Wildman–Crippen MR) is 153 cm³/mol. The number of phenolic OH excluding ortho intramolecular Hbond substituents is 1. The molecule has 0 aromatic heterocycles. The Hall–Kier alpha value is -4.08. The second-order valence-corrected chi connectivity index (χ2v) is 10.1. The predicted octanol–water partition coefficient (Wildman–Crippen LogP) is 3.86. The zero-order valence-corrected chi connectivity index (χ0v) is 23.4. The fourth-order valence-corrected chi connectivity index (χ4v) is 5.02. The van der Waals surface area contributed by atoms with E-state index in [9.17, 15) is 19.5 Å². The van der Waals surface area contributed by atoms with Gasteiger partial charge in [0.25, 0.3) is 0 Å². The first-order chi connectivity index (χ1) is 19.3.